The summed E-state index contributed by atoms with van der Waals surface area (Å²) in [6, 6.07) is 2.35. The van der Waals surface area contributed by atoms with Gasteiger partial charge >= 0.3 is 0 Å². The number of hydrogen-bond acceptors (Lipinski definition) is 2. The second-order valence-corrected chi connectivity index (χ2v) is 3.32. The summed E-state index contributed by atoms with van der Waals surface area (Å²) in [5.41, 5.74) is 1.12. The number of aromatic nitrogens is 2. The highest BCUT2D eigenvalue weighted by Gasteiger charge is 2.19. The zero-order chi connectivity index (χ0) is 9.10. The van der Waals surface area contributed by atoms with E-state index in [1.807, 2.05) is 6.07 Å². The fourth-order valence-corrected chi connectivity index (χ4v) is 1.84. The Morgan fingerprint density at radius 1 is 1.69 bits per heavy atom. The van der Waals surface area contributed by atoms with E-state index in [0.29, 0.717) is 12.6 Å². The van der Waals surface area contributed by atoms with Gasteiger partial charge in [0.15, 0.2) is 0 Å². The number of nitrogens with zero attached hydrogens (tertiary/aromatic N) is 2. The van der Waals surface area contributed by atoms with Gasteiger partial charge in [-0.1, -0.05) is 0 Å². The largest absolute Gasteiger partial charge is 0.309 e. The smallest absolute Gasteiger partial charge is 0.109 e. The molecule has 13 heavy (non-hydrogen) atoms. The van der Waals surface area contributed by atoms with Gasteiger partial charge in [-0.05, 0) is 25.5 Å². The maximum atomic E-state index is 12.1. The first-order valence-corrected chi connectivity index (χ1v) is 4.73. The van der Waals surface area contributed by atoms with Crippen LogP contribution in [0.25, 0.3) is 0 Å². The van der Waals surface area contributed by atoms with Crippen LogP contribution in [0.5, 0.6) is 0 Å². The van der Waals surface area contributed by atoms with Crippen LogP contribution in [0.15, 0.2) is 12.3 Å². The quantitative estimate of drug-likeness (QED) is 0.765. The third-order valence-electron chi connectivity index (χ3n) is 2.46. The molecule has 4 heteroatoms. The average molecular weight is 183 g/mol. The molecule has 0 bridgehead atoms. The van der Waals surface area contributed by atoms with Crippen LogP contribution >= 0.6 is 0 Å². The van der Waals surface area contributed by atoms with Crippen LogP contribution in [0.3, 0.4) is 0 Å². The Kier molecular flexibility index (Phi) is 2.59. The molecule has 1 fully saturated rings. The molecule has 1 atom stereocenters. The van der Waals surface area contributed by atoms with Crippen molar-refractivity contribution in [2.75, 3.05) is 13.2 Å². The van der Waals surface area contributed by atoms with Gasteiger partial charge in [0.2, 0.25) is 0 Å². The molecule has 1 aliphatic rings. The van der Waals surface area contributed by atoms with E-state index in [9.17, 15) is 4.39 Å². The van der Waals surface area contributed by atoms with Crippen molar-refractivity contribution in [2.45, 2.75) is 25.4 Å². The van der Waals surface area contributed by atoms with Gasteiger partial charge in [-0.3, -0.25) is 4.68 Å². The highest BCUT2D eigenvalue weighted by atomic mass is 19.1. The van der Waals surface area contributed by atoms with Crippen LogP contribution in [-0.2, 0) is 6.54 Å². The van der Waals surface area contributed by atoms with Crippen LogP contribution in [0.4, 0.5) is 4.39 Å². The lowest BCUT2D eigenvalue weighted by molar-refractivity contribution is 0.410. The Morgan fingerprint density at radius 3 is 3.31 bits per heavy atom. The number of nitrogens with one attached hydrogen (secondary N) is 1. The molecule has 0 spiro atoms. The molecule has 1 unspecified atom stereocenters. The van der Waals surface area contributed by atoms with Crippen LogP contribution < -0.4 is 5.32 Å². The second-order valence-electron chi connectivity index (χ2n) is 3.32. The average Bonchev–Trinajstić information content (AvgIpc) is 2.71. The zero-order valence-corrected chi connectivity index (χ0v) is 7.54. The predicted octanol–water partition coefficient (Wildman–Crippen LogP) is 1.28. The van der Waals surface area contributed by atoms with E-state index in [2.05, 4.69) is 10.4 Å². The molecular formula is C9H14FN3. The molecule has 0 saturated carbocycles. The number of rotatable bonds is 3. The first-order valence-electron chi connectivity index (χ1n) is 4.73. The Bertz CT molecular complexity index is 266. The van der Waals surface area contributed by atoms with Crippen LogP contribution in [0.1, 0.15) is 24.6 Å². The summed E-state index contributed by atoms with van der Waals surface area (Å²) in [6.45, 7) is 1.09. The first kappa shape index (κ1) is 8.69. The highest BCUT2D eigenvalue weighted by molar-refractivity contribution is 5.08. The first-order chi connectivity index (χ1) is 6.42. The van der Waals surface area contributed by atoms with Gasteiger partial charge in [0, 0.05) is 12.2 Å². The van der Waals surface area contributed by atoms with E-state index in [1.54, 1.807) is 10.9 Å². The van der Waals surface area contributed by atoms with Crippen LogP contribution in [0.2, 0.25) is 0 Å². The van der Waals surface area contributed by atoms with E-state index >= 15 is 0 Å². The van der Waals surface area contributed by atoms with Crippen molar-refractivity contribution in [1.82, 2.24) is 15.1 Å². The van der Waals surface area contributed by atoms with Crippen molar-refractivity contribution < 1.29 is 4.39 Å². The standard InChI is InChI=1S/C9H14FN3/c10-4-7-13-9(3-6-12-13)8-2-1-5-11-8/h3,6,8,11H,1-2,4-5,7H2. The Hall–Kier alpha value is -0.900. The number of alkyl halides is 1. The second kappa shape index (κ2) is 3.87. The van der Waals surface area contributed by atoms with Crippen LogP contribution in [0, 0.1) is 0 Å². The van der Waals surface area contributed by atoms with E-state index in [-0.39, 0.29) is 6.67 Å². The van der Waals surface area contributed by atoms with Gasteiger partial charge in [0.1, 0.15) is 6.67 Å². The molecule has 0 aromatic carbocycles. The normalized spacial score (nSPS) is 22.4. The molecule has 1 N–H and O–H groups in total. The topological polar surface area (TPSA) is 29.9 Å². The van der Waals surface area contributed by atoms with E-state index in [4.69, 9.17) is 0 Å². The van der Waals surface area contributed by atoms with E-state index in [1.165, 1.54) is 6.42 Å². The zero-order valence-electron chi connectivity index (χ0n) is 7.54. The van der Waals surface area contributed by atoms with Crippen molar-refractivity contribution in [2.24, 2.45) is 0 Å². The molecule has 3 nitrogen and oxygen atoms in total. The Morgan fingerprint density at radius 2 is 2.62 bits per heavy atom. The maximum Gasteiger partial charge on any atom is 0.109 e. The molecule has 1 aromatic rings. The summed E-state index contributed by atoms with van der Waals surface area (Å²) < 4.78 is 13.9. The van der Waals surface area contributed by atoms with Gasteiger partial charge < -0.3 is 5.32 Å². The summed E-state index contributed by atoms with van der Waals surface area (Å²) in [7, 11) is 0. The minimum atomic E-state index is -0.346. The third-order valence-corrected chi connectivity index (χ3v) is 2.46. The fraction of sp³-hybridized carbons (Fsp3) is 0.667. The summed E-state index contributed by atoms with van der Waals surface area (Å²) >= 11 is 0. The van der Waals surface area contributed by atoms with Crippen molar-refractivity contribution in [3.8, 4) is 0 Å². The minimum absolute atomic E-state index is 0.346. The number of halogens is 1. The molecule has 0 radical (unpaired) electrons. The molecule has 0 amide bonds. The SMILES string of the molecule is FCCn1nccc1C1CCCN1. The van der Waals surface area contributed by atoms with Crippen molar-refractivity contribution >= 4 is 0 Å². The van der Waals surface area contributed by atoms with Gasteiger partial charge in [0.25, 0.3) is 0 Å². The molecule has 1 aromatic heterocycles. The van der Waals surface area contributed by atoms with E-state index < -0.39 is 0 Å². The third kappa shape index (κ3) is 1.72. The fourth-order valence-electron chi connectivity index (χ4n) is 1.84. The minimum Gasteiger partial charge on any atom is -0.309 e. The lowest BCUT2D eigenvalue weighted by Crippen LogP contribution is -2.18. The summed E-state index contributed by atoms with van der Waals surface area (Å²) in [6.07, 6.45) is 4.08. The van der Waals surface area contributed by atoms with Gasteiger partial charge in [0.05, 0.1) is 12.2 Å². The van der Waals surface area contributed by atoms with Crippen molar-refractivity contribution in [3.63, 3.8) is 0 Å². The molecule has 2 heterocycles. The van der Waals surface area contributed by atoms with Gasteiger partial charge in [-0.15, -0.1) is 0 Å². The monoisotopic (exact) mass is 183 g/mol. The Balaban J connectivity index is 2.13. The molecule has 0 aliphatic carbocycles. The molecule has 1 saturated heterocycles. The summed E-state index contributed by atoms with van der Waals surface area (Å²) in [4.78, 5) is 0. The Labute approximate surface area is 76.9 Å². The lowest BCUT2D eigenvalue weighted by Gasteiger charge is -2.11. The van der Waals surface area contributed by atoms with Crippen LogP contribution in [-0.4, -0.2) is 23.0 Å². The maximum absolute atomic E-state index is 12.1. The molecular weight excluding hydrogens is 169 g/mol. The molecule has 72 valence electrons. The van der Waals surface area contributed by atoms with Crippen molar-refractivity contribution in [1.29, 1.82) is 0 Å². The van der Waals surface area contributed by atoms with Gasteiger partial charge in [-0.2, -0.15) is 5.10 Å². The number of hydrogen-bond donors (Lipinski definition) is 1. The summed E-state index contributed by atoms with van der Waals surface area (Å²) in [5.74, 6) is 0. The predicted molar refractivity (Wildman–Crippen MR) is 48.2 cm³/mol. The van der Waals surface area contributed by atoms with Crippen molar-refractivity contribution in [3.05, 3.63) is 18.0 Å². The van der Waals surface area contributed by atoms with E-state index in [0.717, 1.165) is 18.7 Å². The molecule has 2 rings (SSSR count). The summed E-state index contributed by atoms with van der Waals surface area (Å²) in [5, 5.41) is 7.46. The lowest BCUT2D eigenvalue weighted by atomic mass is 10.1. The number of aryl methyl sites for hydroxylation is 1. The van der Waals surface area contributed by atoms with Gasteiger partial charge in [-0.25, -0.2) is 4.39 Å². The highest BCUT2D eigenvalue weighted by Crippen LogP contribution is 2.22. The molecule has 1 aliphatic heterocycles.